The quantitative estimate of drug-likeness (QED) is 0.560. The van der Waals surface area contributed by atoms with Gasteiger partial charge >= 0.3 is 0 Å². The third-order valence-corrected chi connectivity index (χ3v) is 2.24. The molecule has 0 spiro atoms. The zero-order valence-corrected chi connectivity index (χ0v) is 7.84. The minimum atomic E-state index is 0.545. The fourth-order valence-corrected chi connectivity index (χ4v) is 1.26. The molecule has 0 radical (unpaired) electrons. The minimum absolute atomic E-state index is 0.545. The summed E-state index contributed by atoms with van der Waals surface area (Å²) < 4.78 is 5.15. The normalized spacial score (nSPS) is 25.6. The number of likely N-dealkylation sites (N-methyl/N-ethyl adjacent to an activating group) is 1. The van der Waals surface area contributed by atoms with Gasteiger partial charge in [-0.15, -0.1) is 0 Å². The van der Waals surface area contributed by atoms with Gasteiger partial charge in [0.25, 0.3) is 0 Å². The predicted octanol–water partition coefficient (Wildman–Crippen LogP) is 1.36. The second-order valence-electron chi connectivity index (χ2n) is 3.69. The zero-order valence-electron chi connectivity index (χ0n) is 7.84. The highest BCUT2D eigenvalue weighted by molar-refractivity contribution is 4.73. The van der Waals surface area contributed by atoms with Gasteiger partial charge in [0, 0.05) is 13.1 Å². The van der Waals surface area contributed by atoms with E-state index in [1.807, 2.05) is 0 Å². The first-order valence-electron chi connectivity index (χ1n) is 4.52. The van der Waals surface area contributed by atoms with Crippen molar-refractivity contribution in [1.29, 1.82) is 0 Å². The first kappa shape index (κ1) is 9.01. The molecule has 1 heterocycles. The molecule has 2 nitrogen and oxygen atoms in total. The van der Waals surface area contributed by atoms with E-state index in [4.69, 9.17) is 4.74 Å². The van der Waals surface area contributed by atoms with Crippen LogP contribution in [0.1, 0.15) is 20.3 Å². The Balaban J connectivity index is 2.03. The van der Waals surface area contributed by atoms with Crippen molar-refractivity contribution in [2.75, 3.05) is 26.7 Å². The number of hydrogen-bond acceptors (Lipinski definition) is 2. The third kappa shape index (κ3) is 3.73. The van der Waals surface area contributed by atoms with Crippen molar-refractivity contribution in [3.8, 4) is 0 Å². The van der Waals surface area contributed by atoms with Gasteiger partial charge in [-0.05, 0) is 13.0 Å². The largest absolute Gasteiger partial charge is 0.372 e. The third-order valence-electron chi connectivity index (χ3n) is 2.24. The standard InChI is InChI=1S/C9H19NO/c1-4-8(2)5-10(3)6-9-7-11-9/h8-9H,4-7H2,1-3H3. The van der Waals surface area contributed by atoms with Gasteiger partial charge in [0.15, 0.2) is 0 Å². The van der Waals surface area contributed by atoms with Gasteiger partial charge in [-0.2, -0.15) is 0 Å². The summed E-state index contributed by atoms with van der Waals surface area (Å²) in [6.45, 7) is 7.84. The minimum Gasteiger partial charge on any atom is -0.372 e. The van der Waals surface area contributed by atoms with E-state index >= 15 is 0 Å². The van der Waals surface area contributed by atoms with Crippen LogP contribution in [0.25, 0.3) is 0 Å². The number of rotatable bonds is 5. The summed E-state index contributed by atoms with van der Waals surface area (Å²) in [7, 11) is 2.17. The van der Waals surface area contributed by atoms with Gasteiger partial charge in [0.1, 0.15) is 0 Å². The average molecular weight is 157 g/mol. The average Bonchev–Trinajstić information content (AvgIpc) is 2.71. The fraction of sp³-hybridized carbons (Fsp3) is 1.00. The van der Waals surface area contributed by atoms with E-state index in [9.17, 15) is 0 Å². The first-order valence-corrected chi connectivity index (χ1v) is 4.52. The molecular weight excluding hydrogens is 138 g/mol. The van der Waals surface area contributed by atoms with E-state index in [-0.39, 0.29) is 0 Å². The SMILES string of the molecule is CCC(C)CN(C)CC1CO1. The van der Waals surface area contributed by atoms with Gasteiger partial charge in [-0.1, -0.05) is 20.3 Å². The molecule has 0 N–H and O–H groups in total. The molecule has 0 aromatic heterocycles. The monoisotopic (exact) mass is 157 g/mol. The lowest BCUT2D eigenvalue weighted by molar-refractivity contribution is 0.251. The van der Waals surface area contributed by atoms with Crippen LogP contribution in [-0.4, -0.2) is 37.7 Å². The lowest BCUT2D eigenvalue weighted by Crippen LogP contribution is -2.27. The van der Waals surface area contributed by atoms with Crippen molar-refractivity contribution < 1.29 is 4.74 Å². The predicted molar refractivity (Wildman–Crippen MR) is 46.7 cm³/mol. The molecule has 66 valence electrons. The molecule has 0 aromatic rings. The van der Waals surface area contributed by atoms with Crippen LogP contribution in [0.5, 0.6) is 0 Å². The number of hydrogen-bond donors (Lipinski definition) is 0. The van der Waals surface area contributed by atoms with E-state index in [0.29, 0.717) is 6.10 Å². The van der Waals surface area contributed by atoms with Crippen LogP contribution in [-0.2, 0) is 4.74 Å². The molecule has 11 heavy (non-hydrogen) atoms. The highest BCUT2D eigenvalue weighted by Crippen LogP contribution is 2.11. The van der Waals surface area contributed by atoms with Crippen LogP contribution in [0.2, 0.25) is 0 Å². The molecule has 0 aliphatic carbocycles. The number of nitrogens with zero attached hydrogens (tertiary/aromatic N) is 1. The molecule has 0 amide bonds. The van der Waals surface area contributed by atoms with Crippen molar-refractivity contribution in [3.05, 3.63) is 0 Å². The molecule has 1 aliphatic rings. The lowest BCUT2D eigenvalue weighted by atomic mass is 10.1. The maximum Gasteiger partial charge on any atom is 0.0936 e. The fourth-order valence-electron chi connectivity index (χ4n) is 1.26. The van der Waals surface area contributed by atoms with Gasteiger partial charge < -0.3 is 9.64 Å². The summed E-state index contributed by atoms with van der Waals surface area (Å²) >= 11 is 0. The van der Waals surface area contributed by atoms with Crippen LogP contribution < -0.4 is 0 Å². The highest BCUT2D eigenvalue weighted by Gasteiger charge is 2.23. The lowest BCUT2D eigenvalue weighted by Gasteiger charge is -2.18. The maximum atomic E-state index is 5.15. The Hall–Kier alpha value is -0.0800. The Bertz CT molecular complexity index is 112. The Morgan fingerprint density at radius 2 is 2.27 bits per heavy atom. The Morgan fingerprint density at radius 3 is 2.73 bits per heavy atom. The maximum absolute atomic E-state index is 5.15. The van der Waals surface area contributed by atoms with Gasteiger partial charge in [0.2, 0.25) is 0 Å². The van der Waals surface area contributed by atoms with E-state index < -0.39 is 0 Å². The van der Waals surface area contributed by atoms with Crippen molar-refractivity contribution in [1.82, 2.24) is 4.90 Å². The molecule has 1 rings (SSSR count). The summed E-state index contributed by atoms with van der Waals surface area (Å²) in [5.74, 6) is 0.818. The second kappa shape index (κ2) is 4.07. The Morgan fingerprint density at radius 1 is 1.64 bits per heavy atom. The molecule has 0 bridgehead atoms. The molecule has 2 heteroatoms. The Kier molecular flexibility index (Phi) is 3.34. The van der Waals surface area contributed by atoms with Gasteiger partial charge in [-0.3, -0.25) is 0 Å². The Labute approximate surface area is 69.5 Å². The molecule has 1 fully saturated rings. The summed E-state index contributed by atoms with van der Waals surface area (Å²) in [5, 5.41) is 0. The van der Waals surface area contributed by atoms with E-state index in [0.717, 1.165) is 19.1 Å². The second-order valence-corrected chi connectivity index (χ2v) is 3.69. The smallest absolute Gasteiger partial charge is 0.0936 e. The van der Waals surface area contributed by atoms with Gasteiger partial charge in [-0.25, -0.2) is 0 Å². The first-order chi connectivity index (χ1) is 5.22. The van der Waals surface area contributed by atoms with Crippen LogP contribution in [0.3, 0.4) is 0 Å². The topological polar surface area (TPSA) is 15.8 Å². The highest BCUT2D eigenvalue weighted by atomic mass is 16.6. The molecule has 0 aromatic carbocycles. The zero-order chi connectivity index (χ0) is 8.27. The molecule has 2 atom stereocenters. The van der Waals surface area contributed by atoms with Crippen molar-refractivity contribution in [2.45, 2.75) is 26.4 Å². The molecule has 1 aliphatic heterocycles. The van der Waals surface area contributed by atoms with E-state index in [2.05, 4.69) is 25.8 Å². The van der Waals surface area contributed by atoms with E-state index in [1.54, 1.807) is 0 Å². The summed E-state index contributed by atoms with van der Waals surface area (Å²) in [5.41, 5.74) is 0. The van der Waals surface area contributed by atoms with E-state index in [1.165, 1.54) is 13.0 Å². The van der Waals surface area contributed by atoms with Crippen molar-refractivity contribution >= 4 is 0 Å². The molecule has 2 unspecified atom stereocenters. The van der Waals surface area contributed by atoms with Crippen LogP contribution in [0.4, 0.5) is 0 Å². The molecule has 0 saturated carbocycles. The van der Waals surface area contributed by atoms with Crippen LogP contribution in [0, 0.1) is 5.92 Å². The molecule has 1 saturated heterocycles. The van der Waals surface area contributed by atoms with Gasteiger partial charge in [0.05, 0.1) is 12.7 Å². The summed E-state index contributed by atoms with van der Waals surface area (Å²) in [4.78, 5) is 2.37. The van der Waals surface area contributed by atoms with Crippen LogP contribution in [0.15, 0.2) is 0 Å². The van der Waals surface area contributed by atoms with Crippen molar-refractivity contribution in [3.63, 3.8) is 0 Å². The molecular formula is C9H19NO. The number of ether oxygens (including phenoxy) is 1. The summed E-state index contributed by atoms with van der Waals surface area (Å²) in [6, 6.07) is 0. The van der Waals surface area contributed by atoms with Crippen LogP contribution >= 0.6 is 0 Å². The summed E-state index contributed by atoms with van der Waals surface area (Å²) in [6.07, 6.45) is 1.82. The van der Waals surface area contributed by atoms with Crippen molar-refractivity contribution in [2.24, 2.45) is 5.92 Å². The number of epoxide rings is 1.